The SMILES string of the molecule is O=C(O)c1c(CNCCC2CCOC2)oc2ccccc12. The lowest BCUT2D eigenvalue weighted by atomic mass is 10.1. The lowest BCUT2D eigenvalue weighted by Crippen LogP contribution is -2.19. The second-order valence-electron chi connectivity index (χ2n) is 5.40. The summed E-state index contributed by atoms with van der Waals surface area (Å²) in [6.45, 7) is 2.97. The number of carboxylic acids is 1. The molecule has 1 aromatic carbocycles. The Kier molecular flexibility index (Phi) is 4.22. The summed E-state index contributed by atoms with van der Waals surface area (Å²) in [5.74, 6) is 0.166. The second kappa shape index (κ2) is 6.28. The quantitative estimate of drug-likeness (QED) is 0.800. The summed E-state index contributed by atoms with van der Waals surface area (Å²) in [7, 11) is 0. The highest BCUT2D eigenvalue weighted by Crippen LogP contribution is 2.25. The molecule has 0 amide bonds. The number of fused-ring (bicyclic) bond motifs is 1. The van der Waals surface area contributed by atoms with Crippen LogP contribution in [0, 0.1) is 5.92 Å². The Hall–Kier alpha value is -1.85. The molecule has 2 aromatic rings. The highest BCUT2D eigenvalue weighted by atomic mass is 16.5. The number of rotatable bonds is 6. The zero-order valence-electron chi connectivity index (χ0n) is 11.8. The first kappa shape index (κ1) is 14.1. The second-order valence-corrected chi connectivity index (χ2v) is 5.40. The van der Waals surface area contributed by atoms with Gasteiger partial charge in [-0.3, -0.25) is 0 Å². The van der Waals surface area contributed by atoms with E-state index in [1.54, 1.807) is 12.1 Å². The van der Waals surface area contributed by atoms with Gasteiger partial charge in [0.05, 0.1) is 6.54 Å². The monoisotopic (exact) mass is 289 g/mol. The van der Waals surface area contributed by atoms with E-state index in [4.69, 9.17) is 9.15 Å². The minimum absolute atomic E-state index is 0.266. The number of furan rings is 1. The standard InChI is InChI=1S/C16H19NO4/c18-16(19)15-12-3-1-2-4-13(12)21-14(15)9-17-7-5-11-6-8-20-10-11/h1-4,11,17H,5-10H2,(H,18,19). The molecule has 112 valence electrons. The van der Waals surface area contributed by atoms with Crippen LogP contribution in [0.2, 0.25) is 0 Å². The van der Waals surface area contributed by atoms with E-state index in [9.17, 15) is 9.90 Å². The van der Waals surface area contributed by atoms with Crippen LogP contribution in [0.25, 0.3) is 11.0 Å². The third-order valence-electron chi connectivity index (χ3n) is 3.92. The molecule has 2 heterocycles. The number of ether oxygens (including phenoxy) is 1. The van der Waals surface area contributed by atoms with Gasteiger partial charge in [0.1, 0.15) is 16.9 Å². The van der Waals surface area contributed by atoms with Gasteiger partial charge in [-0.1, -0.05) is 18.2 Å². The molecule has 1 aliphatic rings. The number of carboxylic acid groups (broad SMARTS) is 1. The predicted octanol–water partition coefficient (Wildman–Crippen LogP) is 2.65. The van der Waals surface area contributed by atoms with Gasteiger partial charge in [0.2, 0.25) is 0 Å². The van der Waals surface area contributed by atoms with Crippen molar-refractivity contribution in [3.05, 3.63) is 35.6 Å². The van der Waals surface area contributed by atoms with Gasteiger partial charge in [-0.25, -0.2) is 4.79 Å². The highest BCUT2D eigenvalue weighted by molar-refractivity contribution is 6.03. The Bertz CT molecular complexity index is 628. The van der Waals surface area contributed by atoms with E-state index in [2.05, 4.69) is 5.32 Å². The smallest absolute Gasteiger partial charge is 0.339 e. The molecule has 0 spiro atoms. The number of hydrogen-bond donors (Lipinski definition) is 2. The van der Waals surface area contributed by atoms with Crippen LogP contribution in [0.3, 0.4) is 0 Å². The van der Waals surface area contributed by atoms with E-state index in [0.717, 1.165) is 32.6 Å². The molecule has 0 saturated carbocycles. The summed E-state index contributed by atoms with van der Waals surface area (Å²) in [4.78, 5) is 11.4. The zero-order valence-corrected chi connectivity index (χ0v) is 11.8. The van der Waals surface area contributed by atoms with Crippen molar-refractivity contribution in [2.75, 3.05) is 19.8 Å². The minimum Gasteiger partial charge on any atom is -0.478 e. The fourth-order valence-electron chi connectivity index (χ4n) is 2.77. The van der Waals surface area contributed by atoms with Crippen molar-refractivity contribution in [3.8, 4) is 0 Å². The number of para-hydroxylation sites is 1. The number of nitrogens with one attached hydrogen (secondary N) is 1. The topological polar surface area (TPSA) is 71.7 Å². The Labute approximate surface area is 122 Å². The summed E-state index contributed by atoms with van der Waals surface area (Å²) in [5.41, 5.74) is 0.887. The molecule has 0 aliphatic carbocycles. The van der Waals surface area contributed by atoms with Gasteiger partial charge >= 0.3 is 5.97 Å². The number of benzene rings is 1. The first-order valence-corrected chi connectivity index (χ1v) is 7.28. The molecule has 1 atom stereocenters. The molecular formula is C16H19NO4. The number of carbonyl (C=O) groups is 1. The molecular weight excluding hydrogens is 270 g/mol. The Morgan fingerprint density at radius 2 is 2.24 bits per heavy atom. The molecule has 5 heteroatoms. The van der Waals surface area contributed by atoms with E-state index >= 15 is 0 Å². The molecule has 1 fully saturated rings. The first-order chi connectivity index (χ1) is 10.3. The first-order valence-electron chi connectivity index (χ1n) is 7.28. The summed E-state index contributed by atoms with van der Waals surface area (Å²) in [5, 5.41) is 13.3. The summed E-state index contributed by atoms with van der Waals surface area (Å²) in [6.07, 6.45) is 2.16. The van der Waals surface area contributed by atoms with Crippen molar-refractivity contribution in [1.29, 1.82) is 0 Å². The van der Waals surface area contributed by atoms with E-state index in [-0.39, 0.29) is 5.56 Å². The average Bonchev–Trinajstić information content (AvgIpc) is 3.10. The van der Waals surface area contributed by atoms with Gasteiger partial charge in [0, 0.05) is 18.6 Å². The summed E-state index contributed by atoms with van der Waals surface area (Å²) < 4.78 is 11.0. The third-order valence-corrected chi connectivity index (χ3v) is 3.92. The lowest BCUT2D eigenvalue weighted by Gasteiger charge is -2.07. The maximum absolute atomic E-state index is 11.4. The molecule has 0 bridgehead atoms. The van der Waals surface area contributed by atoms with Gasteiger partial charge < -0.3 is 19.6 Å². The average molecular weight is 289 g/mol. The molecule has 1 aliphatic heterocycles. The van der Waals surface area contributed by atoms with Gasteiger partial charge in [0.25, 0.3) is 0 Å². The summed E-state index contributed by atoms with van der Waals surface area (Å²) >= 11 is 0. The fraction of sp³-hybridized carbons (Fsp3) is 0.438. The Balaban J connectivity index is 1.65. The van der Waals surface area contributed by atoms with Crippen LogP contribution >= 0.6 is 0 Å². The zero-order chi connectivity index (χ0) is 14.7. The number of aromatic carboxylic acids is 1. The maximum atomic E-state index is 11.4. The Morgan fingerprint density at radius 3 is 3.00 bits per heavy atom. The van der Waals surface area contributed by atoms with Crippen LogP contribution in [-0.2, 0) is 11.3 Å². The van der Waals surface area contributed by atoms with E-state index in [1.807, 2.05) is 12.1 Å². The van der Waals surface area contributed by atoms with Crippen LogP contribution in [0.4, 0.5) is 0 Å². The van der Waals surface area contributed by atoms with Gasteiger partial charge in [0.15, 0.2) is 0 Å². The molecule has 1 aromatic heterocycles. The highest BCUT2D eigenvalue weighted by Gasteiger charge is 2.20. The molecule has 3 rings (SSSR count). The lowest BCUT2D eigenvalue weighted by molar-refractivity contribution is 0.0696. The summed E-state index contributed by atoms with van der Waals surface area (Å²) in [6, 6.07) is 7.24. The van der Waals surface area contributed by atoms with E-state index < -0.39 is 5.97 Å². The number of hydrogen-bond acceptors (Lipinski definition) is 4. The van der Waals surface area contributed by atoms with Crippen molar-refractivity contribution in [2.24, 2.45) is 5.92 Å². The predicted molar refractivity (Wildman–Crippen MR) is 78.4 cm³/mol. The van der Waals surface area contributed by atoms with Crippen LogP contribution in [0.15, 0.2) is 28.7 Å². The van der Waals surface area contributed by atoms with Crippen molar-refractivity contribution in [1.82, 2.24) is 5.32 Å². The van der Waals surface area contributed by atoms with Crippen LogP contribution < -0.4 is 5.32 Å². The van der Waals surface area contributed by atoms with Crippen LogP contribution in [0.5, 0.6) is 0 Å². The largest absolute Gasteiger partial charge is 0.478 e. The van der Waals surface area contributed by atoms with Crippen LogP contribution in [0.1, 0.15) is 29.0 Å². The van der Waals surface area contributed by atoms with Crippen LogP contribution in [-0.4, -0.2) is 30.8 Å². The van der Waals surface area contributed by atoms with Crippen molar-refractivity contribution >= 4 is 16.9 Å². The van der Waals surface area contributed by atoms with Crippen molar-refractivity contribution in [2.45, 2.75) is 19.4 Å². The van der Waals surface area contributed by atoms with Crippen molar-refractivity contribution in [3.63, 3.8) is 0 Å². The van der Waals surface area contributed by atoms with Crippen molar-refractivity contribution < 1.29 is 19.1 Å². The molecule has 21 heavy (non-hydrogen) atoms. The fourth-order valence-corrected chi connectivity index (χ4v) is 2.77. The molecule has 2 N–H and O–H groups in total. The normalized spacial score (nSPS) is 18.4. The van der Waals surface area contributed by atoms with Gasteiger partial charge in [-0.15, -0.1) is 0 Å². The minimum atomic E-state index is -0.944. The van der Waals surface area contributed by atoms with Gasteiger partial charge in [-0.2, -0.15) is 0 Å². The van der Waals surface area contributed by atoms with Gasteiger partial charge in [-0.05, 0) is 31.4 Å². The molecule has 1 unspecified atom stereocenters. The molecule has 5 nitrogen and oxygen atoms in total. The Morgan fingerprint density at radius 1 is 1.38 bits per heavy atom. The molecule has 1 saturated heterocycles. The molecule has 0 radical (unpaired) electrons. The van der Waals surface area contributed by atoms with E-state index in [0.29, 0.717) is 29.2 Å². The maximum Gasteiger partial charge on any atom is 0.339 e. The third kappa shape index (κ3) is 3.09. The van der Waals surface area contributed by atoms with E-state index in [1.165, 1.54) is 0 Å².